The Hall–Kier alpha value is -1.15. The van der Waals surface area contributed by atoms with E-state index in [9.17, 15) is 13.2 Å². The van der Waals surface area contributed by atoms with Crippen molar-refractivity contribution in [3.05, 3.63) is 40.0 Å². The SMILES string of the molecule is Cc1nn(Cc2ccc(SC(F)(F)F)cc2)c(N)c1Br. The fourth-order valence-corrected chi connectivity index (χ4v) is 2.49. The predicted molar refractivity (Wildman–Crippen MR) is 76.5 cm³/mol. The molecule has 108 valence electrons. The van der Waals surface area contributed by atoms with E-state index in [1.54, 1.807) is 16.8 Å². The summed E-state index contributed by atoms with van der Waals surface area (Å²) < 4.78 is 39.0. The summed E-state index contributed by atoms with van der Waals surface area (Å²) in [5.41, 5.74) is 3.20. The van der Waals surface area contributed by atoms with Crippen molar-refractivity contribution in [2.24, 2.45) is 0 Å². The number of hydrogen-bond donors (Lipinski definition) is 1. The number of nitrogen functional groups attached to an aromatic ring is 1. The highest BCUT2D eigenvalue weighted by Gasteiger charge is 2.28. The van der Waals surface area contributed by atoms with Crippen molar-refractivity contribution in [1.29, 1.82) is 0 Å². The van der Waals surface area contributed by atoms with Crippen LogP contribution in [0.4, 0.5) is 19.0 Å². The van der Waals surface area contributed by atoms with Gasteiger partial charge in [-0.25, -0.2) is 4.68 Å². The highest BCUT2D eigenvalue weighted by molar-refractivity contribution is 9.10. The van der Waals surface area contributed by atoms with Gasteiger partial charge in [-0.15, -0.1) is 0 Å². The van der Waals surface area contributed by atoms with E-state index in [-0.39, 0.29) is 16.7 Å². The van der Waals surface area contributed by atoms with Gasteiger partial charge in [0.15, 0.2) is 0 Å². The second-order valence-corrected chi connectivity index (χ2v) is 6.07. The molecule has 0 atom stereocenters. The molecule has 0 radical (unpaired) electrons. The molecule has 0 aliphatic rings. The first kappa shape index (κ1) is 15.2. The van der Waals surface area contributed by atoms with Crippen LogP contribution in [0.15, 0.2) is 33.6 Å². The molecule has 0 amide bonds. The van der Waals surface area contributed by atoms with Gasteiger partial charge in [0.05, 0.1) is 16.7 Å². The molecule has 1 heterocycles. The van der Waals surface area contributed by atoms with Crippen LogP contribution >= 0.6 is 27.7 Å². The lowest BCUT2D eigenvalue weighted by molar-refractivity contribution is -0.0328. The molecule has 0 bridgehead atoms. The normalized spacial score (nSPS) is 11.8. The van der Waals surface area contributed by atoms with E-state index in [0.717, 1.165) is 15.7 Å². The number of anilines is 1. The highest BCUT2D eigenvalue weighted by Crippen LogP contribution is 2.36. The molecule has 1 aromatic heterocycles. The van der Waals surface area contributed by atoms with Gasteiger partial charge in [-0.05, 0) is 52.3 Å². The molecule has 0 unspecified atom stereocenters. The third-order valence-corrected chi connectivity index (χ3v) is 4.30. The summed E-state index contributed by atoms with van der Waals surface area (Å²) in [6, 6.07) is 6.15. The summed E-state index contributed by atoms with van der Waals surface area (Å²) >= 11 is 3.19. The van der Waals surface area contributed by atoms with Crippen LogP contribution in [-0.2, 0) is 6.54 Å². The Morgan fingerprint density at radius 3 is 2.35 bits per heavy atom. The molecule has 0 spiro atoms. The van der Waals surface area contributed by atoms with E-state index in [4.69, 9.17) is 5.73 Å². The van der Waals surface area contributed by atoms with Crippen LogP contribution in [0.1, 0.15) is 11.3 Å². The summed E-state index contributed by atoms with van der Waals surface area (Å²) in [5.74, 6) is 0.497. The van der Waals surface area contributed by atoms with Gasteiger partial charge in [0.25, 0.3) is 0 Å². The van der Waals surface area contributed by atoms with E-state index in [2.05, 4.69) is 21.0 Å². The van der Waals surface area contributed by atoms with E-state index in [0.29, 0.717) is 12.4 Å². The zero-order chi connectivity index (χ0) is 14.9. The lowest BCUT2D eigenvalue weighted by atomic mass is 10.2. The Labute approximate surface area is 126 Å². The number of rotatable bonds is 3. The molecule has 3 nitrogen and oxygen atoms in total. The number of nitrogens with zero attached hydrogens (tertiary/aromatic N) is 2. The predicted octanol–water partition coefficient (Wildman–Crippen LogP) is 4.20. The molecular formula is C12H11BrF3N3S. The second kappa shape index (κ2) is 5.69. The Kier molecular flexibility index (Phi) is 4.33. The zero-order valence-corrected chi connectivity index (χ0v) is 12.8. The van der Waals surface area contributed by atoms with Crippen molar-refractivity contribution < 1.29 is 13.2 Å². The minimum atomic E-state index is -4.27. The first-order valence-corrected chi connectivity index (χ1v) is 7.20. The van der Waals surface area contributed by atoms with Gasteiger partial charge in [-0.2, -0.15) is 18.3 Å². The molecule has 0 aliphatic heterocycles. The molecule has 1 aromatic carbocycles. The molecule has 2 N–H and O–H groups in total. The summed E-state index contributed by atoms with van der Waals surface area (Å²) in [5, 5.41) is 4.25. The van der Waals surface area contributed by atoms with Crippen LogP contribution in [0, 0.1) is 6.92 Å². The number of benzene rings is 1. The second-order valence-electron chi connectivity index (χ2n) is 4.13. The van der Waals surface area contributed by atoms with Gasteiger partial charge in [0, 0.05) is 4.90 Å². The summed E-state index contributed by atoms with van der Waals surface area (Å²) in [6.07, 6.45) is 0. The van der Waals surface area contributed by atoms with Gasteiger partial charge >= 0.3 is 5.51 Å². The Morgan fingerprint density at radius 1 is 1.30 bits per heavy atom. The van der Waals surface area contributed by atoms with Crippen molar-refractivity contribution in [3.8, 4) is 0 Å². The fourth-order valence-electron chi connectivity index (χ4n) is 1.67. The summed E-state index contributed by atoms with van der Waals surface area (Å²) in [6.45, 7) is 2.23. The van der Waals surface area contributed by atoms with Crippen LogP contribution in [-0.4, -0.2) is 15.3 Å². The van der Waals surface area contributed by atoms with Crippen molar-refractivity contribution in [2.75, 3.05) is 5.73 Å². The summed E-state index contributed by atoms with van der Waals surface area (Å²) in [7, 11) is 0. The molecule has 0 fully saturated rings. The summed E-state index contributed by atoms with van der Waals surface area (Å²) in [4.78, 5) is 0.159. The quantitative estimate of drug-likeness (QED) is 0.829. The fraction of sp³-hybridized carbons (Fsp3) is 0.250. The molecule has 0 aliphatic carbocycles. The number of hydrogen-bond acceptors (Lipinski definition) is 3. The van der Waals surface area contributed by atoms with Crippen LogP contribution in [0.2, 0.25) is 0 Å². The van der Waals surface area contributed by atoms with Crippen LogP contribution in [0.25, 0.3) is 0 Å². The minimum Gasteiger partial charge on any atom is -0.383 e. The van der Waals surface area contributed by atoms with Crippen LogP contribution in [0.3, 0.4) is 0 Å². The maximum absolute atomic E-state index is 12.2. The van der Waals surface area contributed by atoms with Crippen molar-refractivity contribution in [1.82, 2.24) is 9.78 Å². The van der Waals surface area contributed by atoms with Gasteiger partial charge in [-0.1, -0.05) is 12.1 Å². The number of nitrogens with two attached hydrogens (primary N) is 1. The monoisotopic (exact) mass is 365 g/mol. The largest absolute Gasteiger partial charge is 0.446 e. The van der Waals surface area contributed by atoms with Gasteiger partial charge < -0.3 is 5.73 Å². The lowest BCUT2D eigenvalue weighted by Gasteiger charge is -2.07. The molecular weight excluding hydrogens is 355 g/mol. The third kappa shape index (κ3) is 3.69. The van der Waals surface area contributed by atoms with Crippen molar-refractivity contribution in [2.45, 2.75) is 23.9 Å². The zero-order valence-electron chi connectivity index (χ0n) is 10.4. The molecule has 8 heteroatoms. The van der Waals surface area contributed by atoms with E-state index in [1.807, 2.05) is 6.92 Å². The van der Waals surface area contributed by atoms with E-state index >= 15 is 0 Å². The van der Waals surface area contributed by atoms with Gasteiger partial charge in [0.2, 0.25) is 0 Å². The highest BCUT2D eigenvalue weighted by atomic mass is 79.9. The third-order valence-electron chi connectivity index (χ3n) is 2.58. The Morgan fingerprint density at radius 2 is 1.90 bits per heavy atom. The maximum Gasteiger partial charge on any atom is 0.446 e. The molecule has 2 aromatic rings. The average molecular weight is 366 g/mol. The molecule has 0 saturated carbocycles. The maximum atomic E-state index is 12.2. The van der Waals surface area contributed by atoms with Crippen LogP contribution < -0.4 is 5.73 Å². The smallest absolute Gasteiger partial charge is 0.383 e. The average Bonchev–Trinajstić information content (AvgIpc) is 2.58. The number of alkyl halides is 3. The van der Waals surface area contributed by atoms with Crippen molar-refractivity contribution in [3.63, 3.8) is 0 Å². The number of aryl methyl sites for hydroxylation is 1. The first-order valence-electron chi connectivity index (χ1n) is 5.59. The number of thioether (sulfide) groups is 1. The topological polar surface area (TPSA) is 43.8 Å². The number of halogens is 4. The first-order chi connectivity index (χ1) is 9.26. The Bertz CT molecular complexity index is 608. The number of aromatic nitrogens is 2. The molecule has 0 saturated heterocycles. The lowest BCUT2D eigenvalue weighted by Crippen LogP contribution is -2.06. The molecule has 20 heavy (non-hydrogen) atoms. The Balaban J connectivity index is 2.13. The van der Waals surface area contributed by atoms with Crippen LogP contribution in [0.5, 0.6) is 0 Å². The minimum absolute atomic E-state index is 0.129. The standard InChI is InChI=1S/C12H11BrF3N3S/c1-7-10(13)11(17)19(18-7)6-8-2-4-9(5-3-8)20-12(14,15)16/h2-5H,6,17H2,1H3. The van der Waals surface area contributed by atoms with E-state index < -0.39 is 5.51 Å². The van der Waals surface area contributed by atoms with Crippen molar-refractivity contribution >= 4 is 33.5 Å². The van der Waals surface area contributed by atoms with E-state index in [1.165, 1.54) is 12.1 Å². The van der Waals surface area contributed by atoms with Gasteiger partial charge in [0.1, 0.15) is 5.82 Å². The van der Waals surface area contributed by atoms with Gasteiger partial charge in [-0.3, -0.25) is 0 Å². The molecule has 2 rings (SSSR count).